The van der Waals surface area contributed by atoms with Crippen molar-refractivity contribution in [2.24, 2.45) is 0 Å². The predicted octanol–water partition coefficient (Wildman–Crippen LogP) is 16.5. The highest BCUT2D eigenvalue weighted by Gasteiger charge is 2.48. The van der Waals surface area contributed by atoms with Gasteiger partial charge in [0.2, 0.25) is 0 Å². The molecule has 2 aliphatic carbocycles. The van der Waals surface area contributed by atoms with E-state index in [0.29, 0.717) is 5.92 Å². The molecule has 63 heavy (non-hydrogen) atoms. The number of hydrogen-bond donors (Lipinski definition) is 0. The van der Waals surface area contributed by atoms with Crippen molar-refractivity contribution < 1.29 is 0 Å². The fourth-order valence-corrected chi connectivity index (χ4v) is 11.6. The van der Waals surface area contributed by atoms with Crippen LogP contribution in [0.4, 0.5) is 11.4 Å². The zero-order valence-corrected chi connectivity index (χ0v) is 35.6. The number of anilines is 2. The molecule has 1 unspecified atom stereocenters. The molecule has 1 nitrogen and oxygen atoms in total. The SMILES string of the molecule is C1=CC(c2ccc3ccccc3c2)CC=C1N(c1ccc(-c2ccccc2)cc1)c1cccc(-c2ccc3c(c2)C(c2ccccc2)(c2ccccc2)c2c-3sc3ccccc23)c1. The summed E-state index contributed by atoms with van der Waals surface area (Å²) in [5.74, 6) is 0.313. The summed E-state index contributed by atoms with van der Waals surface area (Å²) >= 11 is 1.92. The Morgan fingerprint density at radius 1 is 0.476 bits per heavy atom. The molecule has 2 aliphatic rings. The summed E-state index contributed by atoms with van der Waals surface area (Å²) in [5.41, 5.74) is 15.7. The molecule has 0 saturated carbocycles. The van der Waals surface area contributed by atoms with Gasteiger partial charge in [0, 0.05) is 32.6 Å². The van der Waals surface area contributed by atoms with E-state index in [0.717, 1.165) is 17.8 Å². The van der Waals surface area contributed by atoms with Crippen LogP contribution in [0.25, 0.3) is 53.6 Å². The first-order valence-electron chi connectivity index (χ1n) is 21.9. The van der Waals surface area contributed by atoms with Crippen molar-refractivity contribution in [1.82, 2.24) is 0 Å². The maximum absolute atomic E-state index is 2.49. The monoisotopic (exact) mass is 821 g/mol. The van der Waals surface area contributed by atoms with Crippen molar-refractivity contribution in [3.8, 4) is 32.7 Å². The fraction of sp³-hybridized carbons (Fsp3) is 0.0492. The minimum absolute atomic E-state index is 0.313. The molecule has 0 fully saturated rings. The standard InChI is InChI=1S/C61H43NS/c1-4-15-42(16-5-1)44-29-34-52(35-30-44)62(53-36-31-45(32-37-53)48-28-27-43-17-10-11-18-46(43)39-48)54-24-14-19-47(40-54)49-33-38-55-57(41-49)61(50-20-6-2-7-21-50,51-22-8-3-9-23-51)59-56-25-12-13-26-58(56)63-60(55)59/h1-31,33-41,45H,32H2. The van der Waals surface area contributed by atoms with E-state index in [-0.39, 0.29) is 0 Å². The van der Waals surface area contributed by atoms with Crippen LogP contribution in [0, 0.1) is 0 Å². The third kappa shape index (κ3) is 6.29. The molecule has 0 spiro atoms. The summed E-state index contributed by atoms with van der Waals surface area (Å²) in [4.78, 5) is 3.79. The average Bonchev–Trinajstić information content (AvgIpc) is 3.88. The van der Waals surface area contributed by atoms with E-state index in [4.69, 9.17) is 0 Å². The lowest BCUT2D eigenvalue weighted by molar-refractivity contribution is 0.777. The molecule has 298 valence electrons. The molecular weight excluding hydrogens is 779 g/mol. The highest BCUT2D eigenvalue weighted by Crippen LogP contribution is 2.61. The van der Waals surface area contributed by atoms with Crippen LogP contribution in [0.15, 0.2) is 248 Å². The van der Waals surface area contributed by atoms with Crippen LogP contribution in [0.2, 0.25) is 0 Å². The van der Waals surface area contributed by atoms with Gasteiger partial charge in [-0.1, -0.05) is 200 Å². The number of fused-ring (bicyclic) bond motifs is 6. The molecule has 0 aliphatic heterocycles. The Bertz CT molecular complexity index is 3320. The molecule has 0 amide bonds. The minimum atomic E-state index is -0.480. The molecule has 12 rings (SSSR count). The van der Waals surface area contributed by atoms with Crippen LogP contribution in [0.5, 0.6) is 0 Å². The second-order valence-corrected chi connectivity index (χ2v) is 17.8. The Morgan fingerprint density at radius 2 is 1.11 bits per heavy atom. The Hall–Kier alpha value is -7.52. The highest BCUT2D eigenvalue weighted by atomic mass is 32.1. The second-order valence-electron chi connectivity index (χ2n) is 16.8. The number of thiophene rings is 1. The summed E-state index contributed by atoms with van der Waals surface area (Å²) in [6.45, 7) is 0. The van der Waals surface area contributed by atoms with E-state index in [2.05, 4.69) is 248 Å². The summed E-state index contributed by atoms with van der Waals surface area (Å²) < 4.78 is 1.33. The van der Waals surface area contributed by atoms with Crippen LogP contribution in [-0.2, 0) is 5.41 Å². The van der Waals surface area contributed by atoms with E-state index >= 15 is 0 Å². The lowest BCUT2D eigenvalue weighted by Crippen LogP contribution is -2.28. The molecular formula is C61H43NS. The fourth-order valence-electron chi connectivity index (χ4n) is 10.3. The quantitative estimate of drug-likeness (QED) is 0.148. The van der Waals surface area contributed by atoms with Gasteiger partial charge in [-0.3, -0.25) is 0 Å². The summed E-state index contributed by atoms with van der Waals surface area (Å²) in [5, 5.41) is 3.90. The van der Waals surface area contributed by atoms with Crippen molar-refractivity contribution in [3.63, 3.8) is 0 Å². The number of nitrogens with zero attached hydrogens (tertiary/aromatic N) is 1. The molecule has 0 bridgehead atoms. The minimum Gasteiger partial charge on any atom is -0.311 e. The molecule has 1 aromatic heterocycles. The molecule has 10 aromatic rings. The highest BCUT2D eigenvalue weighted by molar-refractivity contribution is 7.22. The summed E-state index contributed by atoms with van der Waals surface area (Å²) in [7, 11) is 0. The van der Waals surface area contributed by atoms with Gasteiger partial charge in [-0.2, -0.15) is 0 Å². The topological polar surface area (TPSA) is 3.24 Å². The zero-order valence-electron chi connectivity index (χ0n) is 34.7. The van der Waals surface area contributed by atoms with E-state index in [1.54, 1.807) is 0 Å². The summed E-state index contributed by atoms with van der Waals surface area (Å²) in [6, 6.07) is 82.9. The third-order valence-electron chi connectivity index (χ3n) is 13.3. The maximum atomic E-state index is 2.49. The normalized spacial score (nSPS) is 14.9. The van der Waals surface area contributed by atoms with Crippen LogP contribution in [-0.4, -0.2) is 0 Å². The van der Waals surface area contributed by atoms with Crippen molar-refractivity contribution >= 4 is 43.6 Å². The van der Waals surface area contributed by atoms with Gasteiger partial charge in [0.25, 0.3) is 0 Å². The Labute approximate surface area is 373 Å². The Balaban J connectivity index is 0.981. The smallest absolute Gasteiger partial charge is 0.0728 e. The van der Waals surface area contributed by atoms with Gasteiger partial charge < -0.3 is 4.90 Å². The van der Waals surface area contributed by atoms with E-state index in [1.807, 2.05) is 11.3 Å². The molecule has 9 aromatic carbocycles. The van der Waals surface area contributed by atoms with Gasteiger partial charge in [0.15, 0.2) is 0 Å². The van der Waals surface area contributed by atoms with Crippen molar-refractivity contribution in [1.29, 1.82) is 0 Å². The first-order chi connectivity index (χ1) is 31.2. The number of benzene rings is 9. The lowest BCUT2D eigenvalue weighted by Gasteiger charge is -2.34. The molecule has 1 atom stereocenters. The van der Waals surface area contributed by atoms with Gasteiger partial charge in [0.1, 0.15) is 0 Å². The summed E-state index contributed by atoms with van der Waals surface area (Å²) in [6.07, 6.45) is 8.06. The average molecular weight is 822 g/mol. The van der Waals surface area contributed by atoms with E-state index in [9.17, 15) is 0 Å². The predicted molar refractivity (Wildman–Crippen MR) is 267 cm³/mol. The van der Waals surface area contributed by atoms with Crippen LogP contribution in [0.3, 0.4) is 0 Å². The third-order valence-corrected chi connectivity index (χ3v) is 14.5. The van der Waals surface area contributed by atoms with Gasteiger partial charge in [-0.25, -0.2) is 0 Å². The zero-order chi connectivity index (χ0) is 41.7. The van der Waals surface area contributed by atoms with Gasteiger partial charge in [0.05, 0.1) is 5.41 Å². The molecule has 0 radical (unpaired) electrons. The number of rotatable bonds is 8. The molecule has 0 N–H and O–H groups in total. The largest absolute Gasteiger partial charge is 0.311 e. The lowest BCUT2D eigenvalue weighted by atomic mass is 9.67. The first kappa shape index (κ1) is 37.3. The van der Waals surface area contributed by atoms with Gasteiger partial charge in [-0.05, 0) is 121 Å². The maximum Gasteiger partial charge on any atom is 0.0728 e. The Kier molecular flexibility index (Phi) is 9.13. The molecule has 1 heterocycles. The number of hydrogen-bond acceptors (Lipinski definition) is 2. The van der Waals surface area contributed by atoms with Crippen LogP contribution in [0.1, 0.15) is 40.2 Å². The van der Waals surface area contributed by atoms with Crippen LogP contribution >= 0.6 is 11.3 Å². The molecule has 0 saturated heterocycles. The van der Waals surface area contributed by atoms with E-state index < -0.39 is 5.41 Å². The number of allylic oxidation sites excluding steroid dienone is 3. The van der Waals surface area contributed by atoms with Gasteiger partial charge >= 0.3 is 0 Å². The van der Waals surface area contributed by atoms with Crippen LogP contribution < -0.4 is 4.90 Å². The van der Waals surface area contributed by atoms with E-state index in [1.165, 1.54) is 87.1 Å². The van der Waals surface area contributed by atoms with Crippen molar-refractivity contribution in [2.45, 2.75) is 17.8 Å². The Morgan fingerprint density at radius 3 is 1.86 bits per heavy atom. The molecule has 2 heteroatoms. The van der Waals surface area contributed by atoms with Gasteiger partial charge in [-0.15, -0.1) is 11.3 Å². The van der Waals surface area contributed by atoms with Crippen molar-refractivity contribution in [2.75, 3.05) is 4.90 Å². The van der Waals surface area contributed by atoms with Crippen molar-refractivity contribution in [3.05, 3.63) is 276 Å². The first-order valence-corrected chi connectivity index (χ1v) is 22.8. The second kappa shape index (κ2) is 15.4.